The van der Waals surface area contributed by atoms with E-state index in [2.05, 4.69) is 4.72 Å². The van der Waals surface area contributed by atoms with Crippen molar-refractivity contribution in [2.75, 3.05) is 23.6 Å². The molecular formula is C22H24N3O6S-. The molecule has 0 saturated carbocycles. The van der Waals surface area contributed by atoms with Gasteiger partial charge in [-0.25, -0.2) is 8.42 Å². The first-order chi connectivity index (χ1) is 15.2. The van der Waals surface area contributed by atoms with Crippen molar-refractivity contribution in [3.63, 3.8) is 0 Å². The molecule has 2 bridgehead atoms. The molecular weight excluding hydrogens is 434 g/mol. The van der Waals surface area contributed by atoms with Crippen LogP contribution < -0.4 is 15.4 Å². The number of fused-ring (bicyclic) bond motifs is 4. The molecule has 1 aromatic heterocycles. The van der Waals surface area contributed by atoms with Gasteiger partial charge in [-0.1, -0.05) is 19.1 Å². The summed E-state index contributed by atoms with van der Waals surface area (Å²) in [5.74, 6) is -1.69. The van der Waals surface area contributed by atoms with Gasteiger partial charge in [-0.2, -0.15) is 0 Å². The Hall–Kier alpha value is -3.14. The zero-order chi connectivity index (χ0) is 23.0. The number of hydrogen-bond acceptors (Lipinski definition) is 6. The van der Waals surface area contributed by atoms with Crippen molar-refractivity contribution in [2.24, 2.45) is 5.92 Å². The Balaban J connectivity index is 1.58. The van der Waals surface area contributed by atoms with E-state index < -0.39 is 16.0 Å². The molecule has 170 valence electrons. The minimum absolute atomic E-state index is 0.0363. The fourth-order valence-electron chi connectivity index (χ4n) is 4.64. The second-order valence-corrected chi connectivity index (χ2v) is 10.2. The first kappa shape index (κ1) is 22.1. The second kappa shape index (κ2) is 8.42. The molecule has 32 heavy (non-hydrogen) atoms. The highest BCUT2D eigenvalue weighted by Crippen LogP contribution is 2.36. The number of carboxylic acids is 1. The third-order valence-corrected chi connectivity index (χ3v) is 7.45. The SMILES string of the molecule is CCCS(=O)(=O)Nc1ccc2n(c1=O)C[C@H]1C[C@@H]2CN(C(=O)c2cccc(C(=O)[O-])c2)C1. The summed E-state index contributed by atoms with van der Waals surface area (Å²) < 4.78 is 28.2. The summed E-state index contributed by atoms with van der Waals surface area (Å²) in [6, 6.07) is 9.02. The number of rotatable bonds is 6. The minimum Gasteiger partial charge on any atom is -0.545 e. The zero-order valence-corrected chi connectivity index (χ0v) is 18.4. The van der Waals surface area contributed by atoms with Gasteiger partial charge in [0.2, 0.25) is 10.0 Å². The lowest BCUT2D eigenvalue weighted by Crippen LogP contribution is -2.49. The van der Waals surface area contributed by atoms with Crippen LogP contribution in [-0.2, 0) is 16.6 Å². The van der Waals surface area contributed by atoms with Crippen molar-refractivity contribution in [1.29, 1.82) is 0 Å². The van der Waals surface area contributed by atoms with Gasteiger partial charge in [0.15, 0.2) is 0 Å². The fraction of sp³-hybridized carbons (Fsp3) is 0.409. The first-order valence-electron chi connectivity index (χ1n) is 10.5. The van der Waals surface area contributed by atoms with Gasteiger partial charge in [0, 0.05) is 36.8 Å². The number of carbonyl (C=O) groups is 2. The van der Waals surface area contributed by atoms with Crippen LogP contribution >= 0.6 is 0 Å². The van der Waals surface area contributed by atoms with Gasteiger partial charge >= 0.3 is 0 Å². The third-order valence-electron chi connectivity index (χ3n) is 5.98. The molecule has 3 heterocycles. The topological polar surface area (TPSA) is 129 Å². The van der Waals surface area contributed by atoms with E-state index in [1.165, 1.54) is 24.3 Å². The van der Waals surface area contributed by atoms with Crippen molar-refractivity contribution in [1.82, 2.24) is 9.47 Å². The van der Waals surface area contributed by atoms with E-state index in [1.54, 1.807) is 28.5 Å². The van der Waals surface area contributed by atoms with E-state index in [-0.39, 0.29) is 45.9 Å². The van der Waals surface area contributed by atoms with Gasteiger partial charge in [0.25, 0.3) is 11.5 Å². The maximum Gasteiger partial charge on any atom is 0.275 e. The molecule has 0 unspecified atom stereocenters. The van der Waals surface area contributed by atoms with Crippen molar-refractivity contribution in [3.8, 4) is 0 Å². The van der Waals surface area contributed by atoms with E-state index in [0.29, 0.717) is 26.1 Å². The quantitative estimate of drug-likeness (QED) is 0.676. The molecule has 1 N–H and O–H groups in total. The van der Waals surface area contributed by atoms with Gasteiger partial charge in [-0.15, -0.1) is 0 Å². The number of piperidine rings is 1. The second-order valence-electron chi connectivity index (χ2n) is 8.39. The van der Waals surface area contributed by atoms with E-state index >= 15 is 0 Å². The molecule has 1 saturated heterocycles. The third kappa shape index (κ3) is 4.27. The van der Waals surface area contributed by atoms with Crippen LogP contribution in [0.3, 0.4) is 0 Å². The standard InChI is InChI=1S/C22H25N3O6S/c1-2-8-32(30,31)23-18-6-7-19-17-9-14(12-25(19)21(18)27)11-24(13-17)20(26)15-4-3-5-16(10-15)22(28)29/h3-7,10,14,17,23H,2,8-9,11-13H2,1H3,(H,28,29)/p-1/t14-,17+/m0/s1. The molecule has 1 fully saturated rings. The maximum atomic E-state index is 13.0. The van der Waals surface area contributed by atoms with Crippen molar-refractivity contribution >= 4 is 27.6 Å². The Labute approximate surface area is 185 Å². The molecule has 10 heteroatoms. The van der Waals surface area contributed by atoms with Crippen LogP contribution in [0.5, 0.6) is 0 Å². The van der Waals surface area contributed by atoms with Gasteiger partial charge < -0.3 is 19.4 Å². The first-order valence-corrected chi connectivity index (χ1v) is 12.2. The Morgan fingerprint density at radius 3 is 2.59 bits per heavy atom. The lowest BCUT2D eigenvalue weighted by molar-refractivity contribution is -0.255. The van der Waals surface area contributed by atoms with Crippen LogP contribution in [0.25, 0.3) is 0 Å². The minimum atomic E-state index is -3.58. The monoisotopic (exact) mass is 458 g/mol. The number of nitrogens with zero attached hydrogens (tertiary/aromatic N) is 2. The number of pyridine rings is 1. The number of likely N-dealkylation sites (tertiary alicyclic amines) is 1. The highest BCUT2D eigenvalue weighted by Gasteiger charge is 2.37. The predicted molar refractivity (Wildman–Crippen MR) is 116 cm³/mol. The van der Waals surface area contributed by atoms with E-state index in [1.807, 2.05) is 0 Å². The maximum absolute atomic E-state index is 13.0. The Kier molecular flexibility index (Phi) is 5.81. The molecule has 2 aliphatic heterocycles. The number of benzene rings is 1. The molecule has 0 spiro atoms. The molecule has 2 aromatic rings. The predicted octanol–water partition coefficient (Wildman–Crippen LogP) is 0.623. The number of anilines is 1. The number of amides is 1. The molecule has 4 rings (SSSR count). The summed E-state index contributed by atoms with van der Waals surface area (Å²) >= 11 is 0. The summed E-state index contributed by atoms with van der Waals surface area (Å²) in [5, 5.41) is 11.1. The van der Waals surface area contributed by atoms with Crippen molar-refractivity contribution in [2.45, 2.75) is 32.2 Å². The molecule has 1 amide bonds. The van der Waals surface area contributed by atoms with Crippen LogP contribution in [0.2, 0.25) is 0 Å². The van der Waals surface area contributed by atoms with Gasteiger partial charge in [-0.3, -0.25) is 14.3 Å². The van der Waals surface area contributed by atoms with Crippen molar-refractivity contribution < 1.29 is 23.1 Å². The summed E-state index contributed by atoms with van der Waals surface area (Å²) in [5.41, 5.74) is 0.658. The fourth-order valence-corrected chi connectivity index (χ4v) is 5.77. The lowest BCUT2D eigenvalue weighted by atomic mass is 9.83. The van der Waals surface area contributed by atoms with Crippen LogP contribution in [0.15, 0.2) is 41.2 Å². The number of nitrogens with one attached hydrogen (secondary N) is 1. The van der Waals surface area contributed by atoms with E-state index in [9.17, 15) is 27.9 Å². The zero-order valence-electron chi connectivity index (χ0n) is 17.6. The molecule has 0 aliphatic carbocycles. The van der Waals surface area contributed by atoms with Crippen LogP contribution in [-0.4, -0.2) is 48.6 Å². The number of sulfonamides is 1. The largest absolute Gasteiger partial charge is 0.545 e. The lowest BCUT2D eigenvalue weighted by Gasteiger charge is -2.43. The van der Waals surface area contributed by atoms with Crippen LogP contribution in [0, 0.1) is 5.92 Å². The average molecular weight is 459 g/mol. The number of carbonyl (C=O) groups excluding carboxylic acids is 2. The summed E-state index contributed by atoms with van der Waals surface area (Å²) in [7, 11) is -3.58. The van der Waals surface area contributed by atoms with Gasteiger partial charge in [0.05, 0.1) is 11.7 Å². The number of carboxylic acid groups (broad SMARTS) is 1. The number of hydrogen-bond donors (Lipinski definition) is 1. The molecule has 0 radical (unpaired) electrons. The summed E-state index contributed by atoms with van der Waals surface area (Å²) in [6.07, 6.45) is 1.27. The normalized spacial score (nSPS) is 19.8. The number of aromatic nitrogens is 1. The van der Waals surface area contributed by atoms with Gasteiger partial charge in [0.1, 0.15) is 5.69 Å². The number of aromatic carboxylic acids is 1. The van der Waals surface area contributed by atoms with Crippen LogP contribution in [0.1, 0.15) is 52.1 Å². The molecule has 2 aliphatic rings. The Morgan fingerprint density at radius 2 is 1.88 bits per heavy atom. The molecule has 1 aromatic carbocycles. The Morgan fingerprint density at radius 1 is 1.12 bits per heavy atom. The summed E-state index contributed by atoms with van der Waals surface area (Å²) in [6.45, 7) is 2.96. The average Bonchev–Trinajstić information content (AvgIpc) is 2.75. The Bertz CT molecular complexity index is 1240. The molecule has 9 nitrogen and oxygen atoms in total. The van der Waals surface area contributed by atoms with E-state index in [4.69, 9.17) is 0 Å². The highest BCUT2D eigenvalue weighted by atomic mass is 32.2. The highest BCUT2D eigenvalue weighted by molar-refractivity contribution is 7.92. The summed E-state index contributed by atoms with van der Waals surface area (Å²) in [4.78, 5) is 38.8. The smallest absolute Gasteiger partial charge is 0.275 e. The van der Waals surface area contributed by atoms with Crippen molar-refractivity contribution in [3.05, 3.63) is 63.6 Å². The molecule has 2 atom stereocenters. The van der Waals surface area contributed by atoms with E-state index in [0.717, 1.165) is 12.1 Å². The van der Waals surface area contributed by atoms with Crippen LogP contribution in [0.4, 0.5) is 5.69 Å². The van der Waals surface area contributed by atoms with Gasteiger partial charge in [-0.05, 0) is 48.6 Å².